The van der Waals surface area contributed by atoms with Crippen LogP contribution in [0.5, 0.6) is 0 Å². The van der Waals surface area contributed by atoms with E-state index < -0.39 is 433 Å². The second-order valence-electron chi connectivity index (χ2n) is 27.8. The summed E-state index contributed by atoms with van der Waals surface area (Å²) in [5.74, 6) is -214. The molecule has 0 spiro atoms. The summed E-state index contributed by atoms with van der Waals surface area (Å²) < 4.78 is 883. The molecule has 142 heavy (non-hydrogen) atoms. The zero-order valence-electron chi connectivity index (χ0n) is 64.3. The van der Waals surface area contributed by atoms with Crippen molar-refractivity contribution in [2.24, 2.45) is 0 Å². The number of hydrogen-bond acceptors (Lipinski definition) is 0. The van der Waals surface area contributed by atoms with Crippen LogP contribution >= 0.6 is 0 Å². The minimum absolute atomic E-state index is 1.41. The predicted octanol–water partition coefficient (Wildman–Crippen LogP) is 18.0. The Bertz CT molecular complexity index is 5740. The molecule has 13 aromatic carbocycles. The maximum absolute atomic E-state index is 15.4. The molecule has 64 heteroatoms. The van der Waals surface area contributed by atoms with E-state index in [1.165, 1.54) is 26.1 Å². The molecule has 750 valence electrons. The average molecular weight is 2230 g/mol. The third kappa shape index (κ3) is 15.9. The van der Waals surface area contributed by atoms with Gasteiger partial charge in [0, 0.05) is 0 Å². The molecule has 0 heterocycles. The Balaban J connectivity index is 0.000000211. The molecule has 0 saturated heterocycles. The van der Waals surface area contributed by atoms with Crippen molar-refractivity contribution in [3.8, 4) is 0 Å². The van der Waals surface area contributed by atoms with Crippen molar-refractivity contribution in [3.63, 3.8) is 0 Å². The second kappa shape index (κ2) is 39.2. The van der Waals surface area contributed by atoms with E-state index in [0.29, 0.717) is 0 Å². The van der Waals surface area contributed by atoms with Gasteiger partial charge in [0.15, 0.2) is 209 Å². The fourth-order valence-electron chi connectivity index (χ4n) is 15.1. The second-order valence-corrected chi connectivity index (χ2v) is 29.4. The first-order valence-corrected chi connectivity index (χ1v) is 36.4. The van der Waals surface area contributed by atoms with Gasteiger partial charge in [0.25, 0.3) is 0 Å². The molecule has 0 radical (unpaired) electrons. The van der Waals surface area contributed by atoms with Crippen LogP contribution in [0.2, 0.25) is 0 Å². The topological polar surface area (TPSA) is 0 Å². The van der Waals surface area contributed by atoms with Gasteiger partial charge in [0.1, 0.15) is 158 Å². The fourth-order valence-corrected chi connectivity index (χ4v) is 15.6. The summed E-state index contributed by atoms with van der Waals surface area (Å²) in [7, 11) is 0. The first-order chi connectivity index (χ1) is 65.5. The van der Waals surface area contributed by atoms with Gasteiger partial charge in [-0.05, 0) is 0 Å². The summed E-state index contributed by atoms with van der Waals surface area (Å²) in [6.07, 6.45) is -21.7. The molecule has 13 aromatic rings. The normalized spacial score (nSPS) is 11.8. The average Bonchev–Trinajstić information content (AvgIpc) is 0.687. The standard InChI is InChI=1S/3C24BF20.C6H5.Sn/c3*26-5-1(6(27)14(35)21(42)13(5)34)25(2-7(28)15(36)22(43)16(37)8(2)29,3-9(30)17(38)23(44)18(39)10(3)31)4-11(32)19(40)24(45)20(41)12(4)33;1-2-4-6-5-3-1;/h;;;1-5H;/q3*-1;;+3. The van der Waals surface area contributed by atoms with Gasteiger partial charge < -0.3 is 0 Å². The van der Waals surface area contributed by atoms with Crippen molar-refractivity contribution in [2.45, 2.75) is 0 Å². The van der Waals surface area contributed by atoms with E-state index in [9.17, 15) is 158 Å². The summed E-state index contributed by atoms with van der Waals surface area (Å²) in [6.45, 7) is 0. The molecule has 0 aromatic heterocycles. The molecule has 0 unspecified atom stereocenters. The van der Waals surface area contributed by atoms with Gasteiger partial charge in [-0.25, -0.2) is 263 Å². The van der Waals surface area contributed by atoms with Crippen LogP contribution in [0.4, 0.5) is 263 Å². The maximum atomic E-state index is 15.4. The van der Waals surface area contributed by atoms with E-state index in [1.54, 1.807) is 0 Å². The third-order valence-electron chi connectivity index (χ3n) is 20.9. The van der Waals surface area contributed by atoms with Gasteiger partial charge in [-0.2, -0.15) is 0 Å². The number of benzene rings is 13. The van der Waals surface area contributed by atoms with E-state index in [1.807, 2.05) is 6.07 Å². The summed E-state index contributed by atoms with van der Waals surface area (Å²) in [6, 6.07) is 10.4. The van der Waals surface area contributed by atoms with Crippen LogP contribution in [0, 0.1) is 349 Å². The van der Waals surface area contributed by atoms with Crippen LogP contribution in [0.25, 0.3) is 0 Å². The van der Waals surface area contributed by atoms with Crippen LogP contribution in [0.15, 0.2) is 30.3 Å². The van der Waals surface area contributed by atoms with Crippen molar-refractivity contribution < 1.29 is 263 Å². The monoisotopic (exact) mass is 2230 g/mol. The molecule has 0 aliphatic carbocycles. The van der Waals surface area contributed by atoms with Crippen LogP contribution in [0.1, 0.15) is 0 Å². The molecule has 0 saturated carbocycles. The van der Waals surface area contributed by atoms with Gasteiger partial charge in [-0.15, -0.1) is 65.6 Å². The first-order valence-electron chi connectivity index (χ1n) is 35.0. The Kier molecular flexibility index (Phi) is 30.5. The van der Waals surface area contributed by atoms with Gasteiger partial charge in [-0.1, -0.05) is 0 Å². The molecule has 0 amide bonds. The Morgan fingerprint density at radius 3 is 0.197 bits per heavy atom. The van der Waals surface area contributed by atoms with Crippen molar-refractivity contribution in [3.05, 3.63) is 379 Å². The molecule has 0 bridgehead atoms. The SMILES string of the molecule is Fc1c(F)c(F)c([B-](c2c(F)c(F)c(F)c(F)c2F)(c2c(F)c(F)c(F)c(F)c2F)c2c(F)c(F)c(F)c(F)c2F)c(F)c1F.Fc1c(F)c(F)c([B-](c2c(F)c(F)c(F)c(F)c2F)(c2c(F)c(F)c(F)c(F)c2F)c2c(F)c(F)c(F)c(F)c2F)c(F)c1F.Fc1c(F)c(F)c([B-](c2c(F)c(F)c(F)c(F)c2F)(c2c(F)c(F)c(F)c(F)c2F)c2c(F)c(F)c(F)c(F)c2F)c(F)c1F.[Sn+3][c]1ccccc1. The Hall–Kier alpha value is -13.3. The molecule has 0 aliphatic heterocycles. The fraction of sp³-hybridized carbons (Fsp3) is 0. The van der Waals surface area contributed by atoms with Gasteiger partial charge in [-0.3, -0.25) is 0 Å². The molecule has 0 atom stereocenters. The Labute approximate surface area is 750 Å². The van der Waals surface area contributed by atoms with Crippen LogP contribution in [-0.4, -0.2) is 41.0 Å². The van der Waals surface area contributed by atoms with Crippen LogP contribution in [0.3, 0.4) is 0 Å². The van der Waals surface area contributed by atoms with Crippen molar-refractivity contribution in [1.29, 1.82) is 0 Å². The van der Waals surface area contributed by atoms with Crippen molar-refractivity contribution in [2.75, 3.05) is 0 Å². The van der Waals surface area contributed by atoms with E-state index in [2.05, 4.69) is 24.3 Å². The van der Waals surface area contributed by atoms with E-state index in [-0.39, 0.29) is 0 Å². The van der Waals surface area contributed by atoms with E-state index in [4.69, 9.17) is 0 Å². The predicted molar refractivity (Wildman–Crippen MR) is 359 cm³/mol. The van der Waals surface area contributed by atoms with Gasteiger partial charge >= 0.3 is 56.4 Å². The van der Waals surface area contributed by atoms with Crippen molar-refractivity contribution in [1.82, 2.24) is 0 Å². The first kappa shape index (κ1) is 111. The summed E-state index contributed by atoms with van der Waals surface area (Å²) in [4.78, 5) is 0. The number of halogens is 60. The number of rotatable bonds is 12. The molecule has 0 N–H and O–H groups in total. The van der Waals surface area contributed by atoms with Crippen LogP contribution < -0.4 is 69.1 Å². The number of hydrogen-bond donors (Lipinski definition) is 0. The van der Waals surface area contributed by atoms with Crippen molar-refractivity contribution >= 4 is 110 Å². The molecule has 0 aliphatic rings. The molecule has 0 fully saturated rings. The molecular formula is C78H5B3F60Sn. The van der Waals surface area contributed by atoms with Crippen LogP contribution in [-0.2, 0) is 0 Å². The summed E-state index contributed by atoms with van der Waals surface area (Å²) >= 11 is 1.49. The van der Waals surface area contributed by atoms with E-state index >= 15 is 105 Å². The van der Waals surface area contributed by atoms with E-state index in [0.717, 1.165) is 0 Å². The van der Waals surface area contributed by atoms with Gasteiger partial charge in [0.05, 0.1) is 0 Å². The third-order valence-corrected chi connectivity index (χ3v) is 21.8. The molecular weight excluding hydrogens is 2230 g/mol. The Morgan fingerprint density at radius 1 is 0.0915 bits per heavy atom. The minimum atomic E-state index is -7.22. The zero-order chi connectivity index (χ0) is 108. The van der Waals surface area contributed by atoms with Gasteiger partial charge in [0.2, 0.25) is 0 Å². The summed E-state index contributed by atoms with van der Waals surface area (Å²) in [5.41, 5.74) is -43.0. The molecule has 0 nitrogen and oxygen atoms in total. The molecule has 13 rings (SSSR count). The summed E-state index contributed by atoms with van der Waals surface area (Å²) in [5, 5.41) is 0. The zero-order valence-corrected chi connectivity index (χ0v) is 67.2. The quantitative estimate of drug-likeness (QED) is 0.0495. The Morgan fingerprint density at radius 2 is 0.148 bits per heavy atom.